The van der Waals surface area contributed by atoms with E-state index in [0.717, 1.165) is 0 Å². The van der Waals surface area contributed by atoms with Gasteiger partial charge in [0.1, 0.15) is 5.69 Å². The number of benzene rings is 2. The van der Waals surface area contributed by atoms with Crippen LogP contribution in [0.2, 0.25) is 5.02 Å². The maximum Gasteiger partial charge on any atom is 0.238 e. The number of primary sulfonamides is 1. The van der Waals surface area contributed by atoms with Crippen LogP contribution in [0.3, 0.4) is 0 Å². The first kappa shape index (κ1) is 19.8. The van der Waals surface area contributed by atoms with Crippen molar-refractivity contribution in [2.75, 3.05) is 5.32 Å². The molecule has 0 unspecified atom stereocenters. The molecule has 3 aromatic rings. The van der Waals surface area contributed by atoms with Crippen LogP contribution in [0.25, 0.3) is 10.9 Å². The van der Waals surface area contributed by atoms with Gasteiger partial charge in [-0.3, -0.25) is 4.79 Å². The molecule has 0 aliphatic rings. The first-order chi connectivity index (χ1) is 13.3. The smallest absolute Gasteiger partial charge is 0.238 e. The van der Waals surface area contributed by atoms with Gasteiger partial charge in [-0.25, -0.2) is 18.5 Å². The summed E-state index contributed by atoms with van der Waals surface area (Å²) < 4.78 is 24.0. The van der Waals surface area contributed by atoms with Crippen LogP contribution in [0.15, 0.2) is 53.4 Å². The number of amides is 1. The Bertz CT molecular complexity index is 1240. The summed E-state index contributed by atoms with van der Waals surface area (Å²) in [7, 11) is -4.03. The largest absolute Gasteiger partial charge is 0.326 e. The quantitative estimate of drug-likeness (QED) is 0.641. The highest BCUT2D eigenvalue weighted by Gasteiger charge is 2.17. The van der Waals surface area contributed by atoms with E-state index in [-0.39, 0.29) is 22.9 Å². The Morgan fingerprint density at radius 2 is 1.96 bits per heavy atom. The molecule has 1 amide bonds. The zero-order chi connectivity index (χ0) is 20.3. The number of fused-ring (bicyclic) bond motifs is 1. The van der Waals surface area contributed by atoms with E-state index in [9.17, 15) is 13.2 Å². The van der Waals surface area contributed by atoms with Crippen LogP contribution in [0.5, 0.6) is 0 Å². The molecule has 0 spiro atoms. The maximum absolute atomic E-state index is 12.4. The predicted octanol–water partition coefficient (Wildman–Crippen LogP) is 3.09. The third-order valence-electron chi connectivity index (χ3n) is 3.92. The highest BCUT2D eigenvalue weighted by Crippen LogP contribution is 2.26. The zero-order valence-corrected chi connectivity index (χ0v) is 16.4. The zero-order valence-electron chi connectivity index (χ0n) is 14.9. The second kappa shape index (κ2) is 7.98. The van der Waals surface area contributed by atoms with Gasteiger partial charge in [-0.15, -0.1) is 0 Å². The van der Waals surface area contributed by atoms with E-state index in [2.05, 4.69) is 22.1 Å². The lowest BCUT2D eigenvalue weighted by Gasteiger charge is -2.11. The average Bonchev–Trinajstić information content (AvgIpc) is 2.62. The minimum absolute atomic E-state index is 0.0389. The number of hydrogen-bond donors (Lipinski definition) is 2. The number of rotatable bonds is 4. The number of halogens is 1. The Kier molecular flexibility index (Phi) is 5.66. The Balaban J connectivity index is 2.01. The summed E-state index contributed by atoms with van der Waals surface area (Å²) in [5.41, 5.74) is 1.77. The van der Waals surface area contributed by atoms with Crippen LogP contribution in [-0.4, -0.2) is 19.3 Å². The molecule has 0 saturated heterocycles. The van der Waals surface area contributed by atoms with Crippen molar-refractivity contribution in [3.05, 3.63) is 64.8 Å². The van der Waals surface area contributed by atoms with E-state index in [4.69, 9.17) is 16.7 Å². The van der Waals surface area contributed by atoms with Crippen molar-refractivity contribution in [2.45, 2.75) is 18.2 Å². The number of carbonyl (C=O) groups excluding carboxylic acids is 1. The van der Waals surface area contributed by atoms with Crippen LogP contribution < -0.4 is 10.5 Å². The van der Waals surface area contributed by atoms with Crippen molar-refractivity contribution in [1.29, 1.82) is 0 Å². The first-order valence-electron chi connectivity index (χ1n) is 8.21. The lowest BCUT2D eigenvalue weighted by atomic mass is 10.1. The number of hydrogen-bond acceptors (Lipinski definition) is 4. The van der Waals surface area contributed by atoms with E-state index in [1.807, 2.05) is 0 Å². The SMILES string of the molecule is CC#Cc1ccc2c(S(N)(=O)=O)cc(NC(=O)Cc3ccccc3Cl)cc2n1. The number of carbonyl (C=O) groups is 1. The van der Waals surface area contributed by atoms with Crippen LogP contribution in [0, 0.1) is 11.8 Å². The minimum Gasteiger partial charge on any atom is -0.326 e. The summed E-state index contributed by atoms with van der Waals surface area (Å²) in [6, 6.07) is 13.1. The van der Waals surface area contributed by atoms with Crippen molar-refractivity contribution in [2.24, 2.45) is 5.14 Å². The lowest BCUT2D eigenvalue weighted by molar-refractivity contribution is -0.115. The van der Waals surface area contributed by atoms with Crippen LogP contribution in [0.4, 0.5) is 5.69 Å². The molecule has 8 heteroatoms. The average molecular weight is 414 g/mol. The van der Waals surface area contributed by atoms with Gasteiger partial charge >= 0.3 is 0 Å². The molecule has 142 valence electrons. The topological polar surface area (TPSA) is 102 Å². The summed E-state index contributed by atoms with van der Waals surface area (Å²) >= 11 is 6.08. The number of sulfonamides is 1. The molecule has 3 N–H and O–H groups in total. The molecule has 0 radical (unpaired) electrons. The molecule has 0 aliphatic carbocycles. The molecule has 0 saturated carbocycles. The van der Waals surface area contributed by atoms with Crippen molar-refractivity contribution in [1.82, 2.24) is 4.98 Å². The molecule has 0 atom stereocenters. The fraction of sp³-hybridized carbons (Fsp3) is 0.100. The van der Waals surface area contributed by atoms with Crippen molar-refractivity contribution >= 4 is 44.1 Å². The number of aromatic nitrogens is 1. The van der Waals surface area contributed by atoms with Gasteiger partial charge in [0.05, 0.1) is 16.8 Å². The van der Waals surface area contributed by atoms with E-state index in [1.54, 1.807) is 49.4 Å². The molecule has 1 aromatic heterocycles. The van der Waals surface area contributed by atoms with E-state index in [1.165, 1.54) is 6.07 Å². The molecule has 2 aromatic carbocycles. The Morgan fingerprint density at radius 3 is 2.64 bits per heavy atom. The number of nitrogens with two attached hydrogens (primary N) is 1. The summed E-state index contributed by atoms with van der Waals surface area (Å²) in [4.78, 5) is 16.6. The number of nitrogens with zero attached hydrogens (tertiary/aromatic N) is 1. The second-order valence-electron chi connectivity index (χ2n) is 5.97. The van der Waals surface area contributed by atoms with Gasteiger partial charge in [0.2, 0.25) is 15.9 Å². The predicted molar refractivity (Wildman–Crippen MR) is 109 cm³/mol. The second-order valence-corrected chi connectivity index (χ2v) is 7.91. The third-order valence-corrected chi connectivity index (χ3v) is 5.24. The van der Waals surface area contributed by atoms with Gasteiger partial charge in [-0.1, -0.05) is 35.7 Å². The van der Waals surface area contributed by atoms with E-state index in [0.29, 0.717) is 27.2 Å². The monoisotopic (exact) mass is 413 g/mol. The molecule has 28 heavy (non-hydrogen) atoms. The Morgan fingerprint density at radius 1 is 1.21 bits per heavy atom. The van der Waals surface area contributed by atoms with E-state index >= 15 is 0 Å². The summed E-state index contributed by atoms with van der Waals surface area (Å²) in [6.45, 7) is 1.67. The first-order valence-corrected chi connectivity index (χ1v) is 10.1. The third kappa shape index (κ3) is 4.49. The fourth-order valence-electron chi connectivity index (χ4n) is 2.73. The standard InChI is InChI=1S/C20H16ClN3O3S/c1-2-5-14-8-9-16-18(23-14)11-15(12-19(16)28(22,26)27)24-20(25)10-13-6-3-4-7-17(13)21/h3-4,6-9,11-12H,10H2,1H3,(H,24,25)(H2,22,26,27). The van der Waals surface area contributed by atoms with Crippen LogP contribution in [0.1, 0.15) is 18.2 Å². The Hall–Kier alpha value is -2.92. The van der Waals surface area contributed by atoms with Gasteiger partial charge in [-0.2, -0.15) is 0 Å². The molecule has 0 bridgehead atoms. The molecular weight excluding hydrogens is 398 g/mol. The van der Waals surface area contributed by atoms with Gasteiger partial charge in [0.15, 0.2) is 0 Å². The van der Waals surface area contributed by atoms with E-state index < -0.39 is 10.0 Å². The lowest BCUT2D eigenvalue weighted by Crippen LogP contribution is -2.17. The number of nitrogens with one attached hydrogen (secondary N) is 1. The molecule has 6 nitrogen and oxygen atoms in total. The van der Waals surface area contributed by atoms with Gasteiger partial charge in [0, 0.05) is 16.1 Å². The maximum atomic E-state index is 12.4. The van der Waals surface area contributed by atoms with Gasteiger partial charge in [-0.05, 0) is 48.7 Å². The molecular formula is C20H16ClN3O3S. The van der Waals surface area contributed by atoms with Crippen LogP contribution in [-0.2, 0) is 21.2 Å². The molecule has 0 fully saturated rings. The molecule has 1 heterocycles. The van der Waals surface area contributed by atoms with Crippen molar-refractivity contribution < 1.29 is 13.2 Å². The number of pyridine rings is 1. The summed E-state index contributed by atoms with van der Waals surface area (Å²) in [5, 5.41) is 8.86. The summed E-state index contributed by atoms with van der Waals surface area (Å²) in [5.74, 6) is 5.20. The van der Waals surface area contributed by atoms with Crippen molar-refractivity contribution in [3.8, 4) is 11.8 Å². The van der Waals surface area contributed by atoms with Gasteiger partial charge < -0.3 is 5.32 Å². The summed E-state index contributed by atoms with van der Waals surface area (Å²) in [6.07, 6.45) is 0.0389. The molecule has 3 rings (SSSR count). The molecule has 0 aliphatic heterocycles. The minimum atomic E-state index is -4.03. The van der Waals surface area contributed by atoms with Gasteiger partial charge in [0.25, 0.3) is 0 Å². The van der Waals surface area contributed by atoms with Crippen LogP contribution >= 0.6 is 11.6 Å². The highest BCUT2D eigenvalue weighted by atomic mass is 35.5. The number of anilines is 1. The van der Waals surface area contributed by atoms with Crippen molar-refractivity contribution in [3.63, 3.8) is 0 Å². The fourth-order valence-corrected chi connectivity index (χ4v) is 3.70. The normalized spacial score (nSPS) is 11.0. The highest BCUT2D eigenvalue weighted by molar-refractivity contribution is 7.89. The Labute approximate surface area is 167 Å².